The second kappa shape index (κ2) is 4.45. The monoisotopic (exact) mass is 256 g/mol. The highest BCUT2D eigenvalue weighted by Crippen LogP contribution is 2.35. The van der Waals surface area contributed by atoms with Crippen LogP contribution in [0, 0.1) is 6.92 Å². The molecule has 0 spiro atoms. The molecule has 0 aliphatic heterocycles. The molecule has 18 heavy (non-hydrogen) atoms. The van der Waals surface area contributed by atoms with Crippen LogP contribution in [0.3, 0.4) is 0 Å². The molecular formula is C12H11F3N2O. The lowest BCUT2D eigenvalue weighted by Gasteiger charge is -2.18. The van der Waals surface area contributed by atoms with Crippen molar-refractivity contribution in [2.24, 2.45) is 0 Å². The van der Waals surface area contributed by atoms with Crippen molar-refractivity contribution in [3.05, 3.63) is 47.8 Å². The van der Waals surface area contributed by atoms with Gasteiger partial charge >= 0.3 is 6.18 Å². The van der Waals surface area contributed by atoms with Crippen LogP contribution in [0.5, 0.6) is 0 Å². The third-order valence-electron chi connectivity index (χ3n) is 2.51. The molecule has 0 saturated carbocycles. The molecule has 6 heteroatoms. The third-order valence-corrected chi connectivity index (χ3v) is 2.51. The van der Waals surface area contributed by atoms with E-state index in [0.717, 1.165) is 0 Å². The van der Waals surface area contributed by atoms with Crippen molar-refractivity contribution in [2.45, 2.75) is 19.2 Å². The summed E-state index contributed by atoms with van der Waals surface area (Å²) in [7, 11) is 0. The zero-order valence-corrected chi connectivity index (χ0v) is 9.52. The molecule has 0 aliphatic carbocycles. The lowest BCUT2D eigenvalue weighted by Crippen LogP contribution is -2.21. The number of alkyl halides is 3. The topological polar surface area (TPSA) is 38.0 Å². The van der Waals surface area contributed by atoms with Gasteiger partial charge in [0.15, 0.2) is 6.10 Å². The van der Waals surface area contributed by atoms with Crippen LogP contribution in [0.25, 0.3) is 5.69 Å². The van der Waals surface area contributed by atoms with E-state index in [1.54, 1.807) is 25.3 Å². The molecule has 2 aromatic rings. The molecule has 0 radical (unpaired) electrons. The number of para-hydroxylation sites is 1. The van der Waals surface area contributed by atoms with Crippen molar-refractivity contribution in [1.29, 1.82) is 0 Å². The molecule has 0 amide bonds. The van der Waals surface area contributed by atoms with Gasteiger partial charge in [-0.2, -0.15) is 18.3 Å². The zero-order chi connectivity index (χ0) is 13.3. The first kappa shape index (κ1) is 12.6. The predicted octanol–water partition coefficient (Wildman–Crippen LogP) is 2.78. The average molecular weight is 256 g/mol. The molecule has 96 valence electrons. The highest BCUT2D eigenvalue weighted by atomic mass is 19.4. The predicted molar refractivity (Wildman–Crippen MR) is 59.3 cm³/mol. The normalized spacial score (nSPS) is 13.6. The van der Waals surface area contributed by atoms with Crippen LogP contribution in [0.1, 0.15) is 17.4 Å². The van der Waals surface area contributed by atoms with Crippen LogP contribution >= 0.6 is 0 Å². The molecular weight excluding hydrogens is 245 g/mol. The number of aliphatic hydroxyl groups excluding tert-OH is 1. The molecule has 0 aliphatic rings. The molecule has 1 atom stereocenters. The van der Waals surface area contributed by atoms with Crippen LogP contribution in [-0.4, -0.2) is 21.1 Å². The Hall–Kier alpha value is -1.82. The summed E-state index contributed by atoms with van der Waals surface area (Å²) >= 11 is 0. The van der Waals surface area contributed by atoms with E-state index >= 15 is 0 Å². The highest BCUT2D eigenvalue weighted by molar-refractivity contribution is 5.42. The minimum atomic E-state index is -4.70. The molecule has 0 fully saturated rings. The maximum Gasteiger partial charge on any atom is 0.418 e. The summed E-state index contributed by atoms with van der Waals surface area (Å²) in [6.45, 7) is 1.74. The Balaban J connectivity index is 2.50. The average Bonchev–Trinajstić information content (AvgIpc) is 2.73. The van der Waals surface area contributed by atoms with E-state index < -0.39 is 12.3 Å². The smallest absolute Gasteiger partial charge is 0.379 e. The van der Waals surface area contributed by atoms with E-state index in [9.17, 15) is 18.3 Å². The van der Waals surface area contributed by atoms with Crippen molar-refractivity contribution < 1.29 is 18.3 Å². The summed E-state index contributed by atoms with van der Waals surface area (Å²) < 4.78 is 39.0. The van der Waals surface area contributed by atoms with Crippen molar-refractivity contribution in [2.75, 3.05) is 0 Å². The van der Waals surface area contributed by atoms with Crippen molar-refractivity contribution >= 4 is 0 Å². The van der Waals surface area contributed by atoms with Crippen molar-refractivity contribution in [3.8, 4) is 5.69 Å². The molecule has 0 bridgehead atoms. The number of hydrogen-bond acceptors (Lipinski definition) is 2. The Kier molecular flexibility index (Phi) is 3.13. The lowest BCUT2D eigenvalue weighted by molar-refractivity contribution is -0.206. The molecule has 0 saturated heterocycles. The first-order valence-electron chi connectivity index (χ1n) is 5.26. The van der Waals surface area contributed by atoms with Gasteiger partial charge in [0.05, 0.1) is 11.4 Å². The Bertz CT molecular complexity index is 548. The van der Waals surface area contributed by atoms with Gasteiger partial charge in [0.1, 0.15) is 0 Å². The van der Waals surface area contributed by atoms with Gasteiger partial charge in [0.2, 0.25) is 0 Å². The number of nitrogens with zero attached hydrogens (tertiary/aromatic N) is 2. The molecule has 1 unspecified atom stereocenters. The van der Waals surface area contributed by atoms with Gasteiger partial charge in [-0.1, -0.05) is 18.2 Å². The summed E-state index contributed by atoms with van der Waals surface area (Å²) in [4.78, 5) is 0. The van der Waals surface area contributed by atoms with Crippen molar-refractivity contribution in [1.82, 2.24) is 9.78 Å². The van der Waals surface area contributed by atoms with Crippen LogP contribution in [0.4, 0.5) is 13.2 Å². The van der Waals surface area contributed by atoms with E-state index in [2.05, 4.69) is 5.10 Å². The molecule has 1 N–H and O–H groups in total. The Morgan fingerprint density at radius 1 is 1.22 bits per heavy atom. The third kappa shape index (κ3) is 2.38. The second-order valence-corrected chi connectivity index (χ2v) is 3.90. The molecule has 3 nitrogen and oxygen atoms in total. The Labute approximate surface area is 101 Å². The first-order valence-corrected chi connectivity index (χ1v) is 5.26. The molecule has 1 aromatic heterocycles. The largest absolute Gasteiger partial charge is 0.418 e. The fourth-order valence-electron chi connectivity index (χ4n) is 1.65. The quantitative estimate of drug-likeness (QED) is 0.897. The SMILES string of the molecule is Cc1ccn(-c2ccccc2C(O)C(F)(F)F)n1. The van der Waals surface area contributed by atoms with E-state index in [1.807, 2.05) is 0 Å². The maximum atomic E-state index is 12.6. The van der Waals surface area contributed by atoms with Crippen LogP contribution in [0.15, 0.2) is 36.5 Å². The fourth-order valence-corrected chi connectivity index (χ4v) is 1.65. The number of rotatable bonds is 2. The number of benzene rings is 1. The van der Waals surface area contributed by atoms with Crippen LogP contribution < -0.4 is 0 Å². The number of aryl methyl sites for hydroxylation is 1. The van der Waals surface area contributed by atoms with Gasteiger partial charge < -0.3 is 5.11 Å². The number of halogens is 3. The summed E-state index contributed by atoms with van der Waals surface area (Å²) in [6.07, 6.45) is -5.66. The van der Waals surface area contributed by atoms with Gasteiger partial charge in [0.25, 0.3) is 0 Å². The van der Waals surface area contributed by atoms with Gasteiger partial charge in [-0.05, 0) is 19.1 Å². The summed E-state index contributed by atoms with van der Waals surface area (Å²) in [6, 6.07) is 7.45. The summed E-state index contributed by atoms with van der Waals surface area (Å²) in [5, 5.41) is 13.4. The van der Waals surface area contributed by atoms with Crippen LogP contribution in [0.2, 0.25) is 0 Å². The standard InChI is InChI=1S/C12H11F3N2O/c1-8-6-7-17(16-8)10-5-3-2-4-9(10)11(18)12(13,14)15/h2-7,11,18H,1H3. The molecule has 1 heterocycles. The van der Waals surface area contributed by atoms with Crippen LogP contribution in [-0.2, 0) is 0 Å². The first-order chi connectivity index (χ1) is 8.39. The minimum absolute atomic E-state index is 0.215. The van der Waals surface area contributed by atoms with E-state index in [-0.39, 0.29) is 11.3 Å². The van der Waals surface area contributed by atoms with E-state index in [4.69, 9.17) is 0 Å². The number of aromatic nitrogens is 2. The Morgan fingerprint density at radius 3 is 2.44 bits per heavy atom. The molecule has 2 rings (SSSR count). The zero-order valence-electron chi connectivity index (χ0n) is 9.52. The van der Waals surface area contributed by atoms with E-state index in [1.165, 1.54) is 22.9 Å². The van der Waals surface area contributed by atoms with Gasteiger partial charge in [-0.15, -0.1) is 0 Å². The van der Waals surface area contributed by atoms with Gasteiger partial charge in [-0.25, -0.2) is 4.68 Å². The number of hydrogen-bond donors (Lipinski definition) is 1. The second-order valence-electron chi connectivity index (χ2n) is 3.90. The van der Waals surface area contributed by atoms with Crippen molar-refractivity contribution in [3.63, 3.8) is 0 Å². The van der Waals surface area contributed by atoms with Gasteiger partial charge in [0, 0.05) is 11.8 Å². The molecule has 1 aromatic carbocycles. The fraction of sp³-hybridized carbons (Fsp3) is 0.250. The minimum Gasteiger partial charge on any atom is -0.379 e. The van der Waals surface area contributed by atoms with Gasteiger partial charge in [-0.3, -0.25) is 0 Å². The summed E-state index contributed by atoms with van der Waals surface area (Å²) in [5.41, 5.74) is 0.690. The Morgan fingerprint density at radius 2 is 1.89 bits per heavy atom. The lowest BCUT2D eigenvalue weighted by atomic mass is 10.1. The summed E-state index contributed by atoms with van der Waals surface area (Å²) in [5.74, 6) is 0. The number of aliphatic hydroxyl groups is 1. The maximum absolute atomic E-state index is 12.6. The highest BCUT2D eigenvalue weighted by Gasteiger charge is 2.40. The van der Waals surface area contributed by atoms with E-state index in [0.29, 0.717) is 5.69 Å².